The van der Waals surface area contributed by atoms with E-state index in [1.54, 1.807) is 0 Å². The predicted molar refractivity (Wildman–Crippen MR) is 96.4 cm³/mol. The van der Waals surface area contributed by atoms with Gasteiger partial charge in [-0.25, -0.2) is 0 Å². The molecule has 116 valence electrons. The Labute approximate surface area is 138 Å². The highest BCUT2D eigenvalue weighted by Gasteiger charge is 2.17. The highest BCUT2D eigenvalue weighted by molar-refractivity contribution is 6.33. The summed E-state index contributed by atoms with van der Waals surface area (Å²) in [5.41, 5.74) is 5.01. The summed E-state index contributed by atoms with van der Waals surface area (Å²) in [6.45, 7) is 8.42. The summed E-state index contributed by atoms with van der Waals surface area (Å²) in [4.78, 5) is 4.89. The summed E-state index contributed by atoms with van der Waals surface area (Å²) in [6, 6.07) is 15.2. The van der Waals surface area contributed by atoms with E-state index in [1.807, 2.05) is 0 Å². The van der Waals surface area contributed by atoms with Crippen molar-refractivity contribution in [3.05, 3.63) is 58.6 Å². The molecule has 2 aromatic rings. The van der Waals surface area contributed by atoms with Crippen LogP contribution in [0.5, 0.6) is 0 Å². The molecular weight excluding hydrogens is 292 g/mol. The van der Waals surface area contributed by atoms with Crippen molar-refractivity contribution in [2.75, 3.05) is 36.0 Å². The molecule has 0 atom stereocenters. The van der Waals surface area contributed by atoms with Crippen LogP contribution >= 0.6 is 11.6 Å². The zero-order valence-corrected chi connectivity index (χ0v) is 14.1. The molecule has 0 bridgehead atoms. The third-order valence-corrected chi connectivity index (χ3v) is 4.64. The number of halogens is 1. The molecule has 22 heavy (non-hydrogen) atoms. The fraction of sp³-hybridized carbons (Fsp3) is 0.368. The van der Waals surface area contributed by atoms with E-state index in [0.717, 1.165) is 43.3 Å². The molecule has 0 radical (unpaired) electrons. The summed E-state index contributed by atoms with van der Waals surface area (Å²) in [6.07, 6.45) is 1.15. The first-order valence-electron chi connectivity index (χ1n) is 7.96. The maximum absolute atomic E-state index is 6.43. The Morgan fingerprint density at radius 2 is 1.41 bits per heavy atom. The summed E-state index contributed by atoms with van der Waals surface area (Å²) in [5, 5.41) is 0.865. The van der Waals surface area contributed by atoms with Crippen molar-refractivity contribution in [1.29, 1.82) is 0 Å². The van der Waals surface area contributed by atoms with Gasteiger partial charge in [-0.2, -0.15) is 0 Å². The molecule has 0 N–H and O–H groups in total. The average Bonchev–Trinajstić information content (AvgIpc) is 2.74. The number of nitrogens with zero attached hydrogens (tertiary/aromatic N) is 2. The maximum atomic E-state index is 6.43. The maximum Gasteiger partial charge on any atom is 0.0642 e. The third-order valence-electron chi connectivity index (χ3n) is 4.34. The van der Waals surface area contributed by atoms with Crippen LogP contribution in [0.4, 0.5) is 11.4 Å². The Balaban J connectivity index is 1.73. The molecule has 3 rings (SSSR count). The minimum absolute atomic E-state index is 0.865. The van der Waals surface area contributed by atoms with Gasteiger partial charge in [0.05, 0.1) is 10.7 Å². The molecule has 3 heteroatoms. The highest BCUT2D eigenvalue weighted by Crippen LogP contribution is 2.28. The zero-order chi connectivity index (χ0) is 15.5. The molecule has 0 aliphatic carbocycles. The van der Waals surface area contributed by atoms with E-state index in [4.69, 9.17) is 11.6 Å². The van der Waals surface area contributed by atoms with Gasteiger partial charge < -0.3 is 9.80 Å². The number of hydrogen-bond donors (Lipinski definition) is 0. The molecule has 1 fully saturated rings. The topological polar surface area (TPSA) is 6.48 Å². The van der Waals surface area contributed by atoms with Gasteiger partial charge in [0.1, 0.15) is 0 Å². The molecule has 2 nitrogen and oxygen atoms in total. The zero-order valence-electron chi connectivity index (χ0n) is 13.3. The van der Waals surface area contributed by atoms with Crippen LogP contribution in [0.25, 0.3) is 0 Å². The second-order valence-electron chi connectivity index (χ2n) is 6.12. The Bertz CT molecular complexity index is 636. The van der Waals surface area contributed by atoms with Crippen LogP contribution in [0.3, 0.4) is 0 Å². The van der Waals surface area contributed by atoms with Gasteiger partial charge in [-0.05, 0) is 50.1 Å². The summed E-state index contributed by atoms with van der Waals surface area (Å²) >= 11 is 6.43. The largest absolute Gasteiger partial charge is 0.370 e. The van der Waals surface area contributed by atoms with Crippen molar-refractivity contribution < 1.29 is 0 Å². The van der Waals surface area contributed by atoms with Gasteiger partial charge in [-0.3, -0.25) is 0 Å². The Morgan fingerprint density at radius 3 is 2.14 bits per heavy atom. The lowest BCUT2D eigenvalue weighted by atomic mass is 10.2. The van der Waals surface area contributed by atoms with Crippen LogP contribution in [-0.4, -0.2) is 26.2 Å². The smallest absolute Gasteiger partial charge is 0.0642 e. The predicted octanol–water partition coefficient (Wildman–Crippen LogP) is 4.67. The molecule has 1 saturated heterocycles. The third kappa shape index (κ3) is 3.38. The second-order valence-corrected chi connectivity index (χ2v) is 6.53. The molecule has 1 aliphatic heterocycles. The van der Waals surface area contributed by atoms with Crippen molar-refractivity contribution in [3.63, 3.8) is 0 Å². The van der Waals surface area contributed by atoms with E-state index in [1.165, 1.54) is 16.8 Å². The lowest BCUT2D eigenvalue weighted by molar-refractivity contribution is 0.806. The van der Waals surface area contributed by atoms with Gasteiger partial charge in [0.25, 0.3) is 0 Å². The highest BCUT2D eigenvalue weighted by atomic mass is 35.5. The van der Waals surface area contributed by atoms with Crippen LogP contribution in [0, 0.1) is 13.8 Å². The fourth-order valence-electron chi connectivity index (χ4n) is 3.04. The van der Waals surface area contributed by atoms with Gasteiger partial charge in [0.2, 0.25) is 0 Å². The van der Waals surface area contributed by atoms with Gasteiger partial charge in [0, 0.05) is 31.9 Å². The van der Waals surface area contributed by atoms with E-state index < -0.39 is 0 Å². The number of aryl methyl sites for hydroxylation is 2. The number of rotatable bonds is 2. The van der Waals surface area contributed by atoms with Gasteiger partial charge in [-0.1, -0.05) is 35.4 Å². The minimum atomic E-state index is 0.865. The average molecular weight is 315 g/mol. The molecule has 0 saturated carbocycles. The van der Waals surface area contributed by atoms with Crippen molar-refractivity contribution >= 4 is 23.0 Å². The molecule has 0 unspecified atom stereocenters. The number of benzene rings is 2. The van der Waals surface area contributed by atoms with Crippen molar-refractivity contribution in [1.82, 2.24) is 0 Å². The van der Waals surface area contributed by atoms with Gasteiger partial charge in [-0.15, -0.1) is 0 Å². The first-order chi connectivity index (χ1) is 10.6. The fourth-order valence-corrected chi connectivity index (χ4v) is 3.40. The summed E-state index contributed by atoms with van der Waals surface area (Å²) < 4.78 is 0. The van der Waals surface area contributed by atoms with Crippen molar-refractivity contribution in [2.45, 2.75) is 20.3 Å². The molecule has 1 heterocycles. The number of hydrogen-bond acceptors (Lipinski definition) is 2. The second kappa shape index (κ2) is 6.62. The quantitative estimate of drug-likeness (QED) is 0.794. The van der Waals surface area contributed by atoms with E-state index in [0.29, 0.717) is 0 Å². The minimum Gasteiger partial charge on any atom is -0.370 e. The standard InChI is InChI=1S/C19H23ClN2/c1-15-4-7-17(8-5-15)21-10-3-11-22(13-12-21)19-9-6-16(2)14-18(19)20/h4-9,14H,3,10-13H2,1-2H3. The lowest BCUT2D eigenvalue weighted by Gasteiger charge is -2.25. The van der Waals surface area contributed by atoms with Crippen LogP contribution in [-0.2, 0) is 0 Å². The van der Waals surface area contributed by atoms with E-state index >= 15 is 0 Å². The van der Waals surface area contributed by atoms with Crippen molar-refractivity contribution in [3.8, 4) is 0 Å². The summed E-state index contributed by atoms with van der Waals surface area (Å²) in [5.74, 6) is 0. The SMILES string of the molecule is Cc1ccc(N2CCCN(c3ccc(C)cc3Cl)CC2)cc1. The van der Waals surface area contributed by atoms with E-state index in [9.17, 15) is 0 Å². The lowest BCUT2D eigenvalue weighted by Crippen LogP contribution is -2.30. The first kappa shape index (κ1) is 15.2. The molecule has 0 spiro atoms. The molecule has 0 aromatic heterocycles. The monoisotopic (exact) mass is 314 g/mol. The van der Waals surface area contributed by atoms with Crippen LogP contribution < -0.4 is 9.80 Å². The molecule has 0 amide bonds. The molecule has 1 aliphatic rings. The van der Waals surface area contributed by atoms with Gasteiger partial charge >= 0.3 is 0 Å². The van der Waals surface area contributed by atoms with Gasteiger partial charge in [0.15, 0.2) is 0 Å². The van der Waals surface area contributed by atoms with Crippen LogP contribution in [0.2, 0.25) is 5.02 Å². The Morgan fingerprint density at radius 1 is 0.773 bits per heavy atom. The van der Waals surface area contributed by atoms with Crippen LogP contribution in [0.15, 0.2) is 42.5 Å². The normalized spacial score (nSPS) is 15.8. The molecule has 2 aromatic carbocycles. The van der Waals surface area contributed by atoms with Crippen molar-refractivity contribution in [2.24, 2.45) is 0 Å². The Kier molecular flexibility index (Phi) is 4.58. The molecular formula is C19H23ClN2. The summed E-state index contributed by atoms with van der Waals surface area (Å²) in [7, 11) is 0. The number of anilines is 2. The van der Waals surface area contributed by atoms with E-state index in [-0.39, 0.29) is 0 Å². The Hall–Kier alpha value is -1.67. The first-order valence-corrected chi connectivity index (χ1v) is 8.34. The van der Waals surface area contributed by atoms with Crippen LogP contribution in [0.1, 0.15) is 17.5 Å². The van der Waals surface area contributed by atoms with E-state index in [2.05, 4.69) is 66.1 Å².